The van der Waals surface area contributed by atoms with Crippen molar-refractivity contribution in [3.63, 3.8) is 0 Å². The Morgan fingerprint density at radius 3 is 2.69 bits per heavy atom. The van der Waals surface area contributed by atoms with E-state index in [2.05, 4.69) is 20.3 Å². The van der Waals surface area contributed by atoms with Gasteiger partial charge in [-0.05, 0) is 42.9 Å². The van der Waals surface area contributed by atoms with Gasteiger partial charge in [0, 0.05) is 31.7 Å². The molecule has 5 atom stereocenters. The number of aliphatic hydroxyl groups excluding tert-OH is 1. The Kier molecular flexibility index (Phi) is 6.45. The van der Waals surface area contributed by atoms with E-state index in [9.17, 15) is 23.1 Å². The first kappa shape index (κ1) is 24.6. The molecule has 4 heterocycles. The number of likely N-dealkylation sites (tertiary alicyclic amines) is 1. The molecule has 1 aliphatic carbocycles. The summed E-state index contributed by atoms with van der Waals surface area (Å²) in [5.41, 5.74) is 4.84. The molecule has 2 aliphatic heterocycles. The van der Waals surface area contributed by atoms with Crippen LogP contribution in [0.4, 0.5) is 29.2 Å². The first-order chi connectivity index (χ1) is 17.1. The minimum atomic E-state index is -4.53. The first-order valence-electron chi connectivity index (χ1n) is 11.8. The fourth-order valence-corrected chi connectivity index (χ4v) is 5.42. The van der Waals surface area contributed by atoms with Crippen molar-refractivity contribution in [2.75, 3.05) is 42.9 Å². The Hall–Kier alpha value is -3.06. The van der Waals surface area contributed by atoms with Gasteiger partial charge in [-0.2, -0.15) is 17.6 Å². The maximum absolute atomic E-state index is 15.5. The number of nitrogens with one attached hydrogen (secondary N) is 1. The van der Waals surface area contributed by atoms with E-state index in [0.717, 1.165) is 12.5 Å². The molecule has 194 valence electrons. The molecule has 5 rings (SSSR count). The highest BCUT2D eigenvalue weighted by Crippen LogP contribution is 2.57. The molecular formula is C23H27F4N7O2. The van der Waals surface area contributed by atoms with Gasteiger partial charge < -0.3 is 21.1 Å². The minimum Gasteiger partial charge on any atom is -0.391 e. The monoisotopic (exact) mass is 509 g/mol. The quantitative estimate of drug-likeness (QED) is 0.484. The van der Waals surface area contributed by atoms with Gasteiger partial charge >= 0.3 is 6.18 Å². The van der Waals surface area contributed by atoms with E-state index >= 15 is 4.39 Å². The standard InChI is InChI=1S/C23H27F4N7O2/c24-19-21(30-6-12-3-4-33(9-16(12)35)10-18(28)36)31-11-32-22(19)34-8-14-5-15(14)20(34)13-1-2-17(29-7-13)23(25,26)27/h1-2,7,11-12,14-16,20,35H,3-6,8-10H2,(H2,28,36)(H,30,31,32)/t12-,14?,15?,16+,20?/m0/s1. The third kappa shape index (κ3) is 4.94. The largest absolute Gasteiger partial charge is 0.433 e. The number of carbonyl (C=O) groups excluding carboxylic acids is 1. The summed E-state index contributed by atoms with van der Waals surface area (Å²) < 4.78 is 54.3. The number of halogens is 4. The van der Waals surface area contributed by atoms with Crippen LogP contribution in [0.2, 0.25) is 0 Å². The number of primary amides is 1. The van der Waals surface area contributed by atoms with Crippen molar-refractivity contribution in [3.8, 4) is 0 Å². The number of carbonyl (C=O) groups is 1. The van der Waals surface area contributed by atoms with E-state index in [-0.39, 0.29) is 42.6 Å². The van der Waals surface area contributed by atoms with Crippen LogP contribution in [0.1, 0.15) is 30.1 Å². The topological polar surface area (TPSA) is 120 Å². The molecule has 2 saturated heterocycles. The van der Waals surface area contributed by atoms with Crippen LogP contribution in [-0.4, -0.2) is 69.7 Å². The molecule has 36 heavy (non-hydrogen) atoms. The minimum absolute atomic E-state index is 0.00312. The number of nitrogens with two attached hydrogens (primary N) is 1. The van der Waals surface area contributed by atoms with Crippen molar-refractivity contribution in [1.82, 2.24) is 19.9 Å². The average Bonchev–Trinajstić information content (AvgIpc) is 3.48. The molecule has 3 aliphatic rings. The van der Waals surface area contributed by atoms with E-state index < -0.39 is 29.7 Å². The number of alkyl halides is 3. The van der Waals surface area contributed by atoms with Crippen molar-refractivity contribution in [2.24, 2.45) is 23.5 Å². The second kappa shape index (κ2) is 9.43. The van der Waals surface area contributed by atoms with E-state index in [4.69, 9.17) is 5.73 Å². The Bertz CT molecular complexity index is 1120. The van der Waals surface area contributed by atoms with Crippen molar-refractivity contribution < 1.29 is 27.5 Å². The Morgan fingerprint density at radius 1 is 1.22 bits per heavy atom. The highest BCUT2D eigenvalue weighted by atomic mass is 19.4. The molecular weight excluding hydrogens is 482 g/mol. The van der Waals surface area contributed by atoms with Gasteiger partial charge in [0.2, 0.25) is 11.7 Å². The Labute approximate surface area is 204 Å². The number of nitrogens with zero attached hydrogens (tertiary/aromatic N) is 5. The third-order valence-corrected chi connectivity index (χ3v) is 7.33. The van der Waals surface area contributed by atoms with Crippen LogP contribution >= 0.6 is 0 Å². The smallest absolute Gasteiger partial charge is 0.391 e. The van der Waals surface area contributed by atoms with Crippen molar-refractivity contribution >= 4 is 17.5 Å². The number of fused-ring (bicyclic) bond motifs is 1. The summed E-state index contributed by atoms with van der Waals surface area (Å²) in [5, 5.41) is 13.4. The average molecular weight is 510 g/mol. The number of aliphatic hydroxyl groups is 1. The zero-order chi connectivity index (χ0) is 25.6. The lowest BCUT2D eigenvalue weighted by Crippen LogP contribution is -2.48. The number of pyridine rings is 1. The number of rotatable bonds is 7. The number of β-amino-alcohol motifs (C(OH)–C–C–N with tert-alkyl or cyclic N) is 1. The van der Waals surface area contributed by atoms with Crippen LogP contribution in [0.15, 0.2) is 24.7 Å². The third-order valence-electron chi connectivity index (χ3n) is 7.33. The Balaban J connectivity index is 1.28. The zero-order valence-electron chi connectivity index (χ0n) is 19.3. The van der Waals surface area contributed by atoms with Crippen LogP contribution in [0, 0.1) is 23.6 Å². The lowest BCUT2D eigenvalue weighted by molar-refractivity contribution is -0.141. The highest BCUT2D eigenvalue weighted by Gasteiger charge is 2.54. The fourth-order valence-electron chi connectivity index (χ4n) is 5.42. The van der Waals surface area contributed by atoms with Crippen LogP contribution in [-0.2, 0) is 11.0 Å². The van der Waals surface area contributed by atoms with Gasteiger partial charge in [-0.15, -0.1) is 0 Å². The molecule has 0 spiro atoms. The lowest BCUT2D eigenvalue weighted by atomic mass is 9.93. The molecule has 1 saturated carbocycles. The SMILES string of the molecule is NC(=O)CN1CC[C@@H](CNc2ncnc(N3CC4CC4C3c3ccc(C(F)(F)F)nc3)c2F)[C@H](O)C1. The molecule has 3 unspecified atom stereocenters. The number of aromatic nitrogens is 3. The first-order valence-corrected chi connectivity index (χ1v) is 11.8. The summed E-state index contributed by atoms with van der Waals surface area (Å²) in [6, 6.07) is 2.03. The molecule has 3 fully saturated rings. The van der Waals surface area contributed by atoms with Crippen LogP contribution in [0.25, 0.3) is 0 Å². The van der Waals surface area contributed by atoms with Crippen molar-refractivity contribution in [1.29, 1.82) is 0 Å². The molecule has 0 aromatic carbocycles. The molecule has 0 radical (unpaired) electrons. The van der Waals surface area contributed by atoms with Gasteiger partial charge in [0.15, 0.2) is 11.6 Å². The molecule has 2 aromatic heterocycles. The van der Waals surface area contributed by atoms with Crippen molar-refractivity contribution in [2.45, 2.75) is 31.2 Å². The van der Waals surface area contributed by atoms with Gasteiger partial charge in [-0.25, -0.2) is 9.97 Å². The number of amides is 1. The highest BCUT2D eigenvalue weighted by molar-refractivity contribution is 5.75. The zero-order valence-corrected chi connectivity index (χ0v) is 19.3. The summed E-state index contributed by atoms with van der Waals surface area (Å²) in [5.74, 6) is -0.669. The normalized spacial score (nSPS) is 28.1. The fraction of sp³-hybridized carbons (Fsp3) is 0.565. The predicted molar refractivity (Wildman–Crippen MR) is 121 cm³/mol. The summed E-state index contributed by atoms with van der Waals surface area (Å²) in [6.45, 7) is 1.78. The second-order valence-corrected chi connectivity index (χ2v) is 9.79. The molecule has 13 heteroatoms. The summed E-state index contributed by atoms with van der Waals surface area (Å²) in [7, 11) is 0. The van der Waals surface area contributed by atoms with Gasteiger partial charge in [0.1, 0.15) is 12.0 Å². The van der Waals surface area contributed by atoms with Crippen LogP contribution in [0.5, 0.6) is 0 Å². The summed E-state index contributed by atoms with van der Waals surface area (Å²) in [6.07, 6.45) is -1.26. The predicted octanol–water partition coefficient (Wildman–Crippen LogP) is 1.81. The van der Waals surface area contributed by atoms with E-state index in [0.29, 0.717) is 37.5 Å². The van der Waals surface area contributed by atoms with Crippen LogP contribution < -0.4 is 16.0 Å². The summed E-state index contributed by atoms with van der Waals surface area (Å²) in [4.78, 5) is 26.4. The number of piperidine rings is 2. The molecule has 1 amide bonds. The molecule has 2 aromatic rings. The molecule has 0 bridgehead atoms. The van der Waals surface area contributed by atoms with E-state index in [1.54, 1.807) is 9.80 Å². The van der Waals surface area contributed by atoms with Gasteiger partial charge in [-0.3, -0.25) is 14.7 Å². The van der Waals surface area contributed by atoms with Crippen molar-refractivity contribution in [3.05, 3.63) is 41.7 Å². The second-order valence-electron chi connectivity index (χ2n) is 9.79. The maximum atomic E-state index is 15.5. The number of hydrogen-bond donors (Lipinski definition) is 3. The van der Waals surface area contributed by atoms with Gasteiger partial charge in [0.05, 0.1) is 18.7 Å². The molecule has 4 N–H and O–H groups in total. The summed E-state index contributed by atoms with van der Waals surface area (Å²) >= 11 is 0. The van der Waals surface area contributed by atoms with Gasteiger partial charge in [-0.1, -0.05) is 6.07 Å². The van der Waals surface area contributed by atoms with E-state index in [1.807, 2.05) is 0 Å². The molecule has 9 nitrogen and oxygen atoms in total. The van der Waals surface area contributed by atoms with Crippen LogP contribution in [0.3, 0.4) is 0 Å². The Morgan fingerprint density at radius 2 is 2.03 bits per heavy atom. The lowest BCUT2D eigenvalue weighted by Gasteiger charge is -2.35. The number of hydrogen-bond acceptors (Lipinski definition) is 8. The van der Waals surface area contributed by atoms with Gasteiger partial charge in [0.25, 0.3) is 0 Å². The number of anilines is 2. The van der Waals surface area contributed by atoms with E-state index in [1.165, 1.54) is 18.6 Å². The maximum Gasteiger partial charge on any atom is 0.433 e.